The number of hydrogen-bond acceptors (Lipinski definition) is 1. The number of aryl methyl sites for hydroxylation is 1. The summed E-state index contributed by atoms with van der Waals surface area (Å²) in [5, 5.41) is 0.278. The van der Waals surface area contributed by atoms with Gasteiger partial charge in [0.15, 0.2) is 0 Å². The van der Waals surface area contributed by atoms with E-state index in [-0.39, 0.29) is 11.2 Å². The van der Waals surface area contributed by atoms with E-state index in [1.807, 2.05) is 36.6 Å². The maximum Gasteiger partial charge on any atom is 0.132 e. The number of alkyl halides is 1. The smallest absolute Gasteiger partial charge is 0.132 e. The molecule has 1 heterocycles. The largest absolute Gasteiger partial charge is 0.294 e. The second-order valence-corrected chi connectivity index (χ2v) is 6.07. The Kier molecular flexibility index (Phi) is 3.64. The molecule has 3 aromatic rings. The predicted molar refractivity (Wildman–Crippen MR) is 85.0 cm³/mol. The molecule has 0 fully saturated rings. The van der Waals surface area contributed by atoms with Gasteiger partial charge in [-0.2, -0.15) is 0 Å². The zero-order chi connectivity index (χ0) is 15.1. The highest BCUT2D eigenvalue weighted by Gasteiger charge is 2.18. The van der Waals surface area contributed by atoms with E-state index in [4.69, 9.17) is 23.2 Å². The second-order valence-electron chi connectivity index (χ2n) is 5.01. The second kappa shape index (κ2) is 5.32. The van der Waals surface area contributed by atoms with Crippen LogP contribution in [0.2, 0.25) is 5.02 Å². The molecule has 108 valence electrons. The molecule has 2 nitrogen and oxygen atoms in total. The predicted octanol–water partition coefficient (Wildman–Crippen LogP) is 5.43. The first-order valence-corrected chi connectivity index (χ1v) is 7.37. The van der Waals surface area contributed by atoms with Gasteiger partial charge in [-0.1, -0.05) is 17.7 Å². The highest BCUT2D eigenvalue weighted by molar-refractivity contribution is 6.32. The van der Waals surface area contributed by atoms with E-state index >= 15 is 0 Å². The summed E-state index contributed by atoms with van der Waals surface area (Å²) in [5.41, 5.74) is 3.22. The lowest BCUT2D eigenvalue weighted by Crippen LogP contribution is -2.03. The van der Waals surface area contributed by atoms with Gasteiger partial charge < -0.3 is 0 Å². The van der Waals surface area contributed by atoms with Crippen molar-refractivity contribution in [3.63, 3.8) is 0 Å². The molecule has 3 rings (SSSR count). The average molecular weight is 323 g/mol. The van der Waals surface area contributed by atoms with Gasteiger partial charge >= 0.3 is 0 Å². The SMILES string of the molecule is Cc1ccc(Cl)c(-n2c(C(C)Cl)nc3cc(F)ccc32)c1. The van der Waals surface area contributed by atoms with Crippen LogP contribution in [0.3, 0.4) is 0 Å². The van der Waals surface area contributed by atoms with Crippen molar-refractivity contribution in [2.45, 2.75) is 19.2 Å². The lowest BCUT2D eigenvalue weighted by Gasteiger charge is -2.13. The molecule has 0 N–H and O–H groups in total. The lowest BCUT2D eigenvalue weighted by molar-refractivity contribution is 0.629. The molecule has 5 heteroatoms. The van der Waals surface area contributed by atoms with Crippen LogP contribution in [0, 0.1) is 12.7 Å². The van der Waals surface area contributed by atoms with E-state index in [2.05, 4.69) is 4.98 Å². The molecule has 1 aromatic heterocycles. The number of imidazole rings is 1. The van der Waals surface area contributed by atoms with Gasteiger partial charge in [0.2, 0.25) is 0 Å². The minimum Gasteiger partial charge on any atom is -0.294 e. The number of rotatable bonds is 2. The molecule has 0 saturated heterocycles. The summed E-state index contributed by atoms with van der Waals surface area (Å²) in [6.07, 6.45) is 0. The summed E-state index contributed by atoms with van der Waals surface area (Å²) in [7, 11) is 0. The van der Waals surface area contributed by atoms with E-state index in [1.165, 1.54) is 12.1 Å². The fraction of sp³-hybridized carbons (Fsp3) is 0.188. The third-order valence-corrected chi connectivity index (χ3v) is 3.86. The topological polar surface area (TPSA) is 17.8 Å². The fourth-order valence-electron chi connectivity index (χ4n) is 2.39. The summed E-state index contributed by atoms with van der Waals surface area (Å²) >= 11 is 12.6. The van der Waals surface area contributed by atoms with Gasteiger partial charge in [-0.05, 0) is 43.7 Å². The molecule has 0 aliphatic carbocycles. The number of fused-ring (bicyclic) bond motifs is 1. The molecular weight excluding hydrogens is 310 g/mol. The number of hydrogen-bond donors (Lipinski definition) is 0. The van der Waals surface area contributed by atoms with E-state index in [0.29, 0.717) is 16.4 Å². The Labute approximate surface area is 132 Å². The van der Waals surface area contributed by atoms with Crippen LogP contribution < -0.4 is 0 Å². The van der Waals surface area contributed by atoms with Crippen LogP contribution in [-0.4, -0.2) is 9.55 Å². The normalized spacial score (nSPS) is 12.8. The summed E-state index contributed by atoms with van der Waals surface area (Å²) in [5.74, 6) is 0.320. The minimum absolute atomic E-state index is 0.322. The Morgan fingerprint density at radius 1 is 1.19 bits per heavy atom. The molecule has 0 spiro atoms. The molecule has 1 unspecified atom stereocenters. The van der Waals surface area contributed by atoms with Crippen LogP contribution >= 0.6 is 23.2 Å². The van der Waals surface area contributed by atoms with Gasteiger partial charge in [0.05, 0.1) is 27.1 Å². The number of nitrogens with zero attached hydrogens (tertiary/aromatic N) is 2. The van der Waals surface area contributed by atoms with Crippen molar-refractivity contribution in [2.75, 3.05) is 0 Å². The monoisotopic (exact) mass is 322 g/mol. The van der Waals surface area contributed by atoms with Crippen molar-refractivity contribution in [1.29, 1.82) is 0 Å². The number of benzene rings is 2. The number of aromatic nitrogens is 2. The van der Waals surface area contributed by atoms with Crippen LogP contribution in [0.25, 0.3) is 16.7 Å². The average Bonchev–Trinajstić information content (AvgIpc) is 2.80. The van der Waals surface area contributed by atoms with Gasteiger partial charge in [-0.15, -0.1) is 11.6 Å². The fourth-order valence-corrected chi connectivity index (χ4v) is 2.73. The Morgan fingerprint density at radius 3 is 2.67 bits per heavy atom. The van der Waals surface area contributed by atoms with Crippen molar-refractivity contribution in [3.8, 4) is 5.69 Å². The lowest BCUT2D eigenvalue weighted by atomic mass is 10.2. The van der Waals surface area contributed by atoms with Gasteiger partial charge in [0.25, 0.3) is 0 Å². The first-order valence-electron chi connectivity index (χ1n) is 6.56. The standard InChI is InChI=1S/C16H13Cl2FN2/c1-9-3-5-12(18)15(7-9)21-14-6-4-11(19)8-13(14)20-16(21)10(2)17/h3-8,10H,1-2H3. The molecule has 0 saturated carbocycles. The molecule has 0 radical (unpaired) electrons. The molecule has 21 heavy (non-hydrogen) atoms. The summed E-state index contributed by atoms with van der Waals surface area (Å²) in [6, 6.07) is 10.2. The van der Waals surface area contributed by atoms with Crippen molar-refractivity contribution in [2.24, 2.45) is 0 Å². The summed E-state index contributed by atoms with van der Waals surface area (Å²) in [4.78, 5) is 4.45. The van der Waals surface area contributed by atoms with Crippen molar-refractivity contribution in [1.82, 2.24) is 9.55 Å². The van der Waals surface area contributed by atoms with Crippen molar-refractivity contribution in [3.05, 3.63) is 58.6 Å². The molecule has 0 bridgehead atoms. The molecular formula is C16H13Cl2FN2. The molecule has 0 aliphatic heterocycles. The zero-order valence-corrected chi connectivity index (χ0v) is 13.1. The molecule has 0 aliphatic rings. The van der Waals surface area contributed by atoms with Crippen LogP contribution in [0.5, 0.6) is 0 Å². The van der Waals surface area contributed by atoms with E-state index < -0.39 is 0 Å². The first-order chi connectivity index (χ1) is 9.97. The molecule has 0 amide bonds. The maximum absolute atomic E-state index is 13.4. The van der Waals surface area contributed by atoms with Gasteiger partial charge in [0, 0.05) is 6.07 Å². The quantitative estimate of drug-likeness (QED) is 0.575. The van der Waals surface area contributed by atoms with E-state index in [9.17, 15) is 4.39 Å². The molecule has 1 atom stereocenters. The third-order valence-electron chi connectivity index (χ3n) is 3.34. The zero-order valence-electron chi connectivity index (χ0n) is 11.6. The van der Waals surface area contributed by atoms with Gasteiger partial charge in [-0.3, -0.25) is 4.57 Å². The van der Waals surface area contributed by atoms with Gasteiger partial charge in [-0.25, -0.2) is 9.37 Å². The van der Waals surface area contributed by atoms with Crippen LogP contribution in [0.4, 0.5) is 4.39 Å². The summed E-state index contributed by atoms with van der Waals surface area (Å²) in [6.45, 7) is 3.82. The van der Waals surface area contributed by atoms with Gasteiger partial charge in [0.1, 0.15) is 11.6 Å². The van der Waals surface area contributed by atoms with Crippen molar-refractivity contribution >= 4 is 34.2 Å². The highest BCUT2D eigenvalue weighted by Crippen LogP contribution is 2.32. The van der Waals surface area contributed by atoms with Crippen molar-refractivity contribution < 1.29 is 4.39 Å². The van der Waals surface area contributed by atoms with E-state index in [1.54, 1.807) is 6.07 Å². The highest BCUT2D eigenvalue weighted by atomic mass is 35.5. The van der Waals surface area contributed by atoms with Crippen LogP contribution in [-0.2, 0) is 0 Å². The Bertz CT molecular complexity index is 825. The Morgan fingerprint density at radius 2 is 1.95 bits per heavy atom. The number of halogens is 3. The van der Waals surface area contributed by atoms with Crippen LogP contribution in [0.1, 0.15) is 23.7 Å². The molecule has 2 aromatic carbocycles. The maximum atomic E-state index is 13.4. The first kappa shape index (κ1) is 14.4. The van der Waals surface area contributed by atoms with Crippen LogP contribution in [0.15, 0.2) is 36.4 Å². The minimum atomic E-state index is -0.323. The Balaban J connectivity index is 2.39. The Hall–Kier alpha value is -1.58. The van der Waals surface area contributed by atoms with E-state index in [0.717, 1.165) is 16.8 Å². The summed E-state index contributed by atoms with van der Waals surface area (Å²) < 4.78 is 15.3. The third kappa shape index (κ3) is 2.52.